The molecule has 2 aliphatic rings. The molecule has 0 aliphatic carbocycles. The zero-order valence-corrected chi connectivity index (χ0v) is 19.9. The SMILES string of the molecule is COC(=O)c1ccc(Oc2c(C)oc3c4c(ccc3c2=O)OCN(CCN2CCOCC2)C4)cc1. The first-order chi connectivity index (χ1) is 17.0. The van der Waals surface area contributed by atoms with E-state index in [0.29, 0.717) is 41.3 Å². The quantitative estimate of drug-likeness (QED) is 0.494. The Bertz CT molecular complexity index is 1280. The molecule has 1 aromatic heterocycles. The van der Waals surface area contributed by atoms with Crippen molar-refractivity contribution in [3.8, 4) is 17.2 Å². The largest absolute Gasteiger partial charge is 0.478 e. The highest BCUT2D eigenvalue weighted by Gasteiger charge is 2.25. The van der Waals surface area contributed by atoms with E-state index in [9.17, 15) is 9.59 Å². The number of benzene rings is 2. The third kappa shape index (κ3) is 4.88. The van der Waals surface area contributed by atoms with Crippen LogP contribution in [0.4, 0.5) is 0 Å². The molecule has 3 aromatic rings. The number of nitrogens with zero attached hydrogens (tertiary/aromatic N) is 2. The van der Waals surface area contributed by atoms with Crippen LogP contribution < -0.4 is 14.9 Å². The number of carbonyl (C=O) groups excluding carboxylic acids is 1. The van der Waals surface area contributed by atoms with Crippen molar-refractivity contribution in [1.82, 2.24) is 9.80 Å². The third-order valence-electron chi connectivity index (χ3n) is 6.36. The van der Waals surface area contributed by atoms with E-state index in [1.54, 1.807) is 37.3 Å². The molecule has 0 atom stereocenters. The molecule has 35 heavy (non-hydrogen) atoms. The molecule has 9 heteroatoms. The highest BCUT2D eigenvalue weighted by atomic mass is 16.5. The van der Waals surface area contributed by atoms with Crippen molar-refractivity contribution in [2.24, 2.45) is 0 Å². The fourth-order valence-corrected chi connectivity index (χ4v) is 4.37. The van der Waals surface area contributed by atoms with Crippen LogP contribution in [-0.4, -0.2) is 69.0 Å². The van der Waals surface area contributed by atoms with E-state index in [0.717, 1.165) is 50.7 Å². The Morgan fingerprint density at radius 3 is 2.51 bits per heavy atom. The maximum absolute atomic E-state index is 13.3. The molecule has 1 fully saturated rings. The number of ether oxygens (including phenoxy) is 4. The fourth-order valence-electron chi connectivity index (χ4n) is 4.37. The Morgan fingerprint density at radius 1 is 1.03 bits per heavy atom. The van der Waals surface area contributed by atoms with Crippen molar-refractivity contribution < 1.29 is 28.2 Å². The van der Waals surface area contributed by atoms with E-state index in [1.165, 1.54) is 7.11 Å². The molecule has 9 nitrogen and oxygen atoms in total. The van der Waals surface area contributed by atoms with Crippen molar-refractivity contribution in [3.05, 3.63) is 63.5 Å². The van der Waals surface area contributed by atoms with Gasteiger partial charge in [0.2, 0.25) is 11.2 Å². The number of fused-ring (bicyclic) bond motifs is 3. The lowest BCUT2D eigenvalue weighted by molar-refractivity contribution is 0.0241. The van der Waals surface area contributed by atoms with Crippen LogP contribution in [0.5, 0.6) is 17.2 Å². The Kier molecular flexibility index (Phi) is 6.72. The monoisotopic (exact) mass is 480 g/mol. The molecule has 0 unspecified atom stereocenters. The predicted molar refractivity (Wildman–Crippen MR) is 128 cm³/mol. The van der Waals surface area contributed by atoms with Crippen LogP contribution >= 0.6 is 0 Å². The second-order valence-corrected chi connectivity index (χ2v) is 8.63. The van der Waals surface area contributed by atoms with E-state index >= 15 is 0 Å². The summed E-state index contributed by atoms with van der Waals surface area (Å²) in [5.41, 5.74) is 1.53. The van der Waals surface area contributed by atoms with Gasteiger partial charge in [0.25, 0.3) is 0 Å². The number of morpholine rings is 1. The molecule has 0 spiro atoms. The molecule has 2 aliphatic heterocycles. The third-order valence-corrected chi connectivity index (χ3v) is 6.36. The van der Waals surface area contributed by atoms with E-state index in [-0.39, 0.29) is 11.2 Å². The summed E-state index contributed by atoms with van der Waals surface area (Å²) < 4.78 is 28.1. The minimum Gasteiger partial charge on any atom is -0.478 e. The zero-order chi connectivity index (χ0) is 24.4. The lowest BCUT2D eigenvalue weighted by Gasteiger charge is -2.32. The molecule has 3 heterocycles. The van der Waals surface area contributed by atoms with Crippen molar-refractivity contribution in [3.63, 3.8) is 0 Å². The minimum absolute atomic E-state index is 0.115. The molecule has 0 radical (unpaired) electrons. The number of hydrogen-bond donors (Lipinski definition) is 0. The van der Waals surface area contributed by atoms with Gasteiger partial charge < -0.3 is 23.4 Å². The number of esters is 1. The minimum atomic E-state index is -0.441. The summed E-state index contributed by atoms with van der Waals surface area (Å²) in [6.45, 7) is 8.04. The van der Waals surface area contributed by atoms with Gasteiger partial charge in [0.15, 0.2) is 0 Å². The first-order valence-electron chi connectivity index (χ1n) is 11.6. The summed E-state index contributed by atoms with van der Waals surface area (Å²) in [4.78, 5) is 29.6. The maximum Gasteiger partial charge on any atom is 0.337 e. The lowest BCUT2D eigenvalue weighted by Crippen LogP contribution is -2.43. The van der Waals surface area contributed by atoms with Crippen LogP contribution in [0.1, 0.15) is 21.7 Å². The van der Waals surface area contributed by atoms with Gasteiger partial charge >= 0.3 is 5.97 Å². The number of aryl methyl sites for hydroxylation is 1. The molecule has 2 aromatic carbocycles. The second kappa shape index (κ2) is 10.1. The summed E-state index contributed by atoms with van der Waals surface area (Å²) in [7, 11) is 1.32. The van der Waals surface area contributed by atoms with Gasteiger partial charge in [0.1, 0.15) is 29.6 Å². The molecular formula is C26H28N2O7. The Hall–Kier alpha value is -3.40. The smallest absolute Gasteiger partial charge is 0.337 e. The molecule has 0 saturated carbocycles. The molecule has 1 saturated heterocycles. The highest BCUT2D eigenvalue weighted by Crippen LogP contribution is 2.34. The van der Waals surface area contributed by atoms with Gasteiger partial charge in [-0.3, -0.25) is 14.6 Å². The fraction of sp³-hybridized carbons (Fsp3) is 0.385. The topological polar surface area (TPSA) is 90.7 Å². The van der Waals surface area contributed by atoms with Gasteiger partial charge in [0.05, 0.1) is 36.8 Å². The molecular weight excluding hydrogens is 452 g/mol. The molecule has 0 amide bonds. The van der Waals surface area contributed by atoms with E-state index in [4.69, 9.17) is 23.4 Å². The van der Waals surface area contributed by atoms with Gasteiger partial charge in [-0.15, -0.1) is 0 Å². The van der Waals surface area contributed by atoms with E-state index in [1.807, 2.05) is 6.07 Å². The van der Waals surface area contributed by atoms with Crippen LogP contribution in [0.3, 0.4) is 0 Å². The average Bonchev–Trinajstić information content (AvgIpc) is 2.90. The van der Waals surface area contributed by atoms with Gasteiger partial charge in [-0.25, -0.2) is 4.79 Å². The van der Waals surface area contributed by atoms with Gasteiger partial charge in [-0.05, 0) is 43.3 Å². The Labute approximate surface area is 202 Å². The average molecular weight is 481 g/mol. The normalized spacial score (nSPS) is 16.5. The van der Waals surface area contributed by atoms with Crippen molar-refractivity contribution in [2.45, 2.75) is 13.5 Å². The number of hydrogen-bond acceptors (Lipinski definition) is 9. The molecule has 184 valence electrons. The van der Waals surface area contributed by atoms with Crippen LogP contribution in [0.25, 0.3) is 11.0 Å². The van der Waals surface area contributed by atoms with Crippen LogP contribution in [0, 0.1) is 6.92 Å². The van der Waals surface area contributed by atoms with Crippen LogP contribution in [0.15, 0.2) is 45.6 Å². The summed E-state index contributed by atoms with van der Waals surface area (Å²) in [5.74, 6) is 1.20. The Morgan fingerprint density at radius 2 is 1.77 bits per heavy atom. The summed E-state index contributed by atoms with van der Waals surface area (Å²) in [6, 6.07) is 9.93. The zero-order valence-electron chi connectivity index (χ0n) is 19.9. The van der Waals surface area contributed by atoms with Crippen molar-refractivity contribution in [2.75, 3.05) is 53.2 Å². The summed E-state index contributed by atoms with van der Waals surface area (Å²) in [5, 5.41) is 0.439. The summed E-state index contributed by atoms with van der Waals surface area (Å²) in [6.07, 6.45) is 0. The number of methoxy groups -OCH3 is 1. The second-order valence-electron chi connectivity index (χ2n) is 8.63. The standard InChI is InChI=1S/C26H28N2O7/c1-17-24(35-19-5-3-18(4-6-19)26(30)31-2)23(29)20-7-8-22-21(25(20)34-17)15-28(16-33-22)10-9-27-11-13-32-14-12-27/h3-8H,9-16H2,1-2H3. The molecule has 5 rings (SSSR count). The maximum atomic E-state index is 13.3. The van der Waals surface area contributed by atoms with Gasteiger partial charge in [-0.2, -0.15) is 0 Å². The van der Waals surface area contributed by atoms with E-state index < -0.39 is 5.97 Å². The predicted octanol–water partition coefficient (Wildman–Crippen LogP) is 3.16. The van der Waals surface area contributed by atoms with Gasteiger partial charge in [0, 0.05) is 32.7 Å². The molecule has 0 bridgehead atoms. The lowest BCUT2D eigenvalue weighted by atomic mass is 10.1. The first kappa shape index (κ1) is 23.3. The number of carbonyl (C=O) groups is 1. The Balaban J connectivity index is 1.38. The van der Waals surface area contributed by atoms with E-state index in [2.05, 4.69) is 9.80 Å². The van der Waals surface area contributed by atoms with Crippen LogP contribution in [-0.2, 0) is 16.0 Å². The first-order valence-corrected chi connectivity index (χ1v) is 11.6. The van der Waals surface area contributed by atoms with Crippen molar-refractivity contribution in [1.29, 1.82) is 0 Å². The highest BCUT2D eigenvalue weighted by molar-refractivity contribution is 5.89. The van der Waals surface area contributed by atoms with Crippen molar-refractivity contribution >= 4 is 16.9 Å². The summed E-state index contributed by atoms with van der Waals surface area (Å²) >= 11 is 0. The van der Waals surface area contributed by atoms with Crippen LogP contribution in [0.2, 0.25) is 0 Å². The van der Waals surface area contributed by atoms with Gasteiger partial charge in [-0.1, -0.05) is 0 Å². The molecule has 0 N–H and O–H groups in total. The number of rotatable bonds is 6.